The van der Waals surface area contributed by atoms with E-state index in [0.29, 0.717) is 0 Å². The lowest BCUT2D eigenvalue weighted by Gasteiger charge is -2.27. The maximum Gasteiger partial charge on any atom is 0.386 e. The first-order valence-corrected chi connectivity index (χ1v) is 18.0. The van der Waals surface area contributed by atoms with Crippen molar-refractivity contribution in [2.75, 3.05) is 24.7 Å². The van der Waals surface area contributed by atoms with Crippen LogP contribution in [0.1, 0.15) is 18.9 Å². The van der Waals surface area contributed by atoms with Crippen LogP contribution in [0.15, 0.2) is 17.4 Å². The van der Waals surface area contributed by atoms with Crippen LogP contribution in [0, 0.1) is 0 Å². The number of nitrogens with two attached hydrogens (primary N) is 2. The molecule has 20 nitrogen and oxygen atoms in total. The highest BCUT2D eigenvalue weighted by molar-refractivity contribution is 8.44. The van der Waals surface area contributed by atoms with Gasteiger partial charge in [0, 0.05) is 6.42 Å². The minimum absolute atomic E-state index is 0.00843. The molecule has 0 saturated carbocycles. The van der Waals surface area contributed by atoms with Gasteiger partial charge in [0.15, 0.2) is 46.8 Å². The summed E-state index contributed by atoms with van der Waals surface area (Å²) < 4.78 is 66.1. The number of thiol groups is 1. The van der Waals surface area contributed by atoms with Gasteiger partial charge in [0.2, 0.25) is 5.95 Å². The van der Waals surface area contributed by atoms with Crippen molar-refractivity contribution in [1.29, 1.82) is 0 Å². The van der Waals surface area contributed by atoms with Crippen molar-refractivity contribution in [3.8, 4) is 0 Å². The number of halogens is 1. The minimum Gasteiger partial charge on any atom is -0.382 e. The van der Waals surface area contributed by atoms with E-state index in [4.69, 9.17) is 50.8 Å². The third-order valence-corrected chi connectivity index (χ3v) is 10.2. The summed E-state index contributed by atoms with van der Waals surface area (Å²) in [6.45, 7) is -9.31. The number of fused-ring (bicyclic) bond motifs is 5. The molecule has 3 aliphatic heterocycles. The summed E-state index contributed by atoms with van der Waals surface area (Å²) in [6.07, 6.45) is -6.91. The largest absolute Gasteiger partial charge is 0.386 e. The Balaban J connectivity index is 1.19. The molecule has 4 aromatic heterocycles. The van der Waals surface area contributed by atoms with Crippen LogP contribution in [0.4, 0.5) is 16.2 Å². The number of alkyl halides is 1. The number of anilines is 2. The molecule has 0 aromatic carbocycles. The summed E-state index contributed by atoms with van der Waals surface area (Å²) >= 11 is 9.29. The molecule has 3 aliphatic rings. The average Bonchev–Trinajstić information content (AvgIpc) is 3.72. The van der Waals surface area contributed by atoms with Crippen LogP contribution in [0.2, 0.25) is 0 Å². The molecule has 7 heterocycles. The number of aromatic amines is 1. The maximum absolute atomic E-state index is 15.9. The topological polar surface area (TPSA) is 265 Å². The van der Waals surface area contributed by atoms with E-state index >= 15 is 4.39 Å². The summed E-state index contributed by atoms with van der Waals surface area (Å²) in [4.78, 5) is 41.6. The van der Waals surface area contributed by atoms with E-state index in [9.17, 15) is 14.3 Å². The van der Waals surface area contributed by atoms with Gasteiger partial charge in [-0.1, -0.05) is 17.5 Å². The first kappa shape index (κ1) is 30.0. The van der Waals surface area contributed by atoms with Crippen LogP contribution in [0.3, 0.4) is 0 Å². The van der Waals surface area contributed by atoms with E-state index in [1.54, 1.807) is 0 Å². The van der Waals surface area contributed by atoms with E-state index in [-0.39, 0.29) is 47.1 Å². The fourth-order valence-electron chi connectivity index (χ4n) is 5.13. The van der Waals surface area contributed by atoms with E-state index in [1.165, 1.54) is 10.9 Å². The van der Waals surface area contributed by atoms with Crippen LogP contribution < -0.4 is 17.0 Å². The van der Waals surface area contributed by atoms with Gasteiger partial charge < -0.3 is 30.4 Å². The number of hydrogen-bond acceptors (Lipinski definition) is 17. The highest BCUT2D eigenvalue weighted by atomic mass is 32.7. The summed E-state index contributed by atoms with van der Waals surface area (Å²) in [5, 5.41) is 7.77. The van der Waals surface area contributed by atoms with Gasteiger partial charge in [-0.2, -0.15) is 9.67 Å². The van der Waals surface area contributed by atoms with Crippen LogP contribution in [0.5, 0.6) is 0 Å². The molecule has 236 valence electrons. The lowest BCUT2D eigenvalue weighted by Crippen LogP contribution is -2.34. The summed E-state index contributed by atoms with van der Waals surface area (Å²) in [5.41, 5.74) is 11.1. The Hall–Kier alpha value is -2.69. The molecule has 3 saturated heterocycles. The van der Waals surface area contributed by atoms with Crippen molar-refractivity contribution < 1.29 is 41.4 Å². The van der Waals surface area contributed by atoms with E-state index in [1.807, 2.05) is 0 Å². The predicted molar refractivity (Wildman–Crippen MR) is 152 cm³/mol. The zero-order chi connectivity index (χ0) is 31.0. The van der Waals surface area contributed by atoms with E-state index in [0.717, 1.165) is 11.0 Å². The Morgan fingerprint density at radius 2 is 1.91 bits per heavy atom. The SMILES string of the molecule is Nc1nc2c(ncn2[C@@H]2O[C@@H]3COP(O)(=S)OC4C(F)[C@H](n5nnc6c(N)ncnc65)O[C@@H]4COP(=O)(S)OC2C3)c(=O)[nH]1. The van der Waals surface area contributed by atoms with Gasteiger partial charge in [-0.15, -0.1) is 5.10 Å². The Morgan fingerprint density at radius 3 is 2.73 bits per heavy atom. The van der Waals surface area contributed by atoms with Gasteiger partial charge in [-0.25, -0.2) is 23.9 Å². The molecule has 4 aromatic rings. The fraction of sp³-hybridized carbons (Fsp3) is 0.526. The van der Waals surface area contributed by atoms with Crippen LogP contribution in [-0.4, -0.2) is 93.2 Å². The molecule has 0 amide bonds. The lowest BCUT2D eigenvalue weighted by molar-refractivity contribution is -0.0595. The summed E-state index contributed by atoms with van der Waals surface area (Å²) in [6, 6.07) is 0. The molecule has 44 heavy (non-hydrogen) atoms. The highest BCUT2D eigenvalue weighted by Crippen LogP contribution is 2.58. The second kappa shape index (κ2) is 11.0. The third kappa shape index (κ3) is 5.41. The molecule has 7 rings (SSSR count). The second-order valence-corrected chi connectivity index (χ2v) is 15.5. The Bertz CT molecular complexity index is 1910. The zero-order valence-corrected chi connectivity index (χ0v) is 25.4. The van der Waals surface area contributed by atoms with Crippen LogP contribution >= 0.6 is 25.8 Å². The monoisotopic (exact) mass is 693 g/mol. The molecule has 0 spiro atoms. The van der Waals surface area contributed by atoms with Gasteiger partial charge in [0.25, 0.3) is 5.56 Å². The van der Waals surface area contributed by atoms with Gasteiger partial charge in [0.05, 0.1) is 25.6 Å². The molecular formula is C19H22FN11O9P2S2. The molecule has 0 radical (unpaired) electrons. The fourth-order valence-corrected chi connectivity index (χ4v) is 8.08. The maximum atomic E-state index is 15.9. The Labute approximate surface area is 254 Å². The van der Waals surface area contributed by atoms with E-state index < -0.39 is 68.7 Å². The number of aromatic nitrogens is 9. The van der Waals surface area contributed by atoms with Crippen molar-refractivity contribution in [3.05, 3.63) is 23.0 Å². The molecule has 6 N–H and O–H groups in total. The number of nitrogen functional groups attached to an aromatic ring is 2. The number of H-pyrrole nitrogens is 1. The van der Waals surface area contributed by atoms with Crippen molar-refractivity contribution in [1.82, 2.24) is 44.5 Å². The molecular weight excluding hydrogens is 671 g/mol. The molecule has 0 aliphatic carbocycles. The standard InChI is InChI=1S/C19H22FN11O9P2S2/c20-9-12-8(38-18(9)31-14-10(28-29-31)13(21)23-4-24-14)3-36-41(33,43)39-7-1-6(2-35-42(34,44)40-12)37-17(7)30-5-25-11-15(30)26-19(22)27-16(11)32/h4-9,12,17-18H,1-3H2,(H,33,43)(H,34,44)(H2,21,23,24)(H3,22,26,27,32)/t6-,7?,8+,9?,12?,17+,18+,41?,42?/m0/s1. The van der Waals surface area contributed by atoms with E-state index in [2.05, 4.69) is 47.5 Å². The van der Waals surface area contributed by atoms with Gasteiger partial charge in [-0.3, -0.25) is 27.9 Å². The quantitative estimate of drug-likeness (QED) is 0.138. The van der Waals surface area contributed by atoms with Crippen LogP contribution in [0.25, 0.3) is 22.3 Å². The molecule has 9 atom stereocenters. The van der Waals surface area contributed by atoms with Crippen molar-refractivity contribution in [2.24, 2.45) is 0 Å². The highest BCUT2D eigenvalue weighted by Gasteiger charge is 2.52. The summed E-state index contributed by atoms with van der Waals surface area (Å²) in [7, 11) is 0. The number of rotatable bonds is 2. The van der Waals surface area contributed by atoms with Crippen LogP contribution in [-0.2, 0) is 43.9 Å². The molecule has 25 heteroatoms. The first-order valence-electron chi connectivity index (χ1n) is 12.7. The lowest BCUT2D eigenvalue weighted by atomic mass is 10.1. The normalized spacial score (nSPS) is 36.6. The number of imidazole rings is 1. The Kier molecular flexibility index (Phi) is 7.49. The van der Waals surface area contributed by atoms with Gasteiger partial charge in [0.1, 0.15) is 24.6 Å². The molecule has 5 unspecified atom stereocenters. The summed E-state index contributed by atoms with van der Waals surface area (Å²) in [5.74, 6) is -0.164. The molecule has 2 bridgehead atoms. The zero-order valence-electron chi connectivity index (χ0n) is 21.9. The number of hydrogen-bond donors (Lipinski definition) is 5. The number of nitrogens with zero attached hydrogens (tertiary/aromatic N) is 8. The third-order valence-electron chi connectivity index (χ3n) is 7.02. The van der Waals surface area contributed by atoms with Crippen molar-refractivity contribution in [2.45, 2.75) is 49.5 Å². The first-order chi connectivity index (χ1) is 20.9. The predicted octanol–water partition coefficient (Wildman–Crippen LogP) is 0.114. The smallest absolute Gasteiger partial charge is 0.382 e. The molecule has 3 fully saturated rings. The minimum atomic E-state index is -4.23. The Morgan fingerprint density at radius 1 is 1.09 bits per heavy atom. The van der Waals surface area contributed by atoms with Crippen molar-refractivity contribution >= 4 is 71.7 Å². The van der Waals surface area contributed by atoms with Gasteiger partial charge >= 0.3 is 13.5 Å². The number of ether oxygens (including phenoxy) is 2. The average molecular weight is 694 g/mol. The van der Waals surface area contributed by atoms with Gasteiger partial charge in [-0.05, 0) is 11.8 Å². The van der Waals surface area contributed by atoms with Crippen molar-refractivity contribution in [3.63, 3.8) is 0 Å². The second-order valence-electron chi connectivity index (χ2n) is 9.88. The number of nitrogens with one attached hydrogen (secondary N) is 1.